The number of carbonyl (C=O) groups is 1. The minimum Gasteiger partial charge on any atom is -0.326 e. The zero-order chi connectivity index (χ0) is 16.7. The van der Waals surface area contributed by atoms with Gasteiger partial charge in [-0.3, -0.25) is 4.79 Å². The summed E-state index contributed by atoms with van der Waals surface area (Å²) in [5.41, 5.74) is 1.48. The molecule has 0 saturated heterocycles. The molecule has 122 valence electrons. The van der Waals surface area contributed by atoms with Crippen LogP contribution in [0.4, 0.5) is 5.69 Å². The summed E-state index contributed by atoms with van der Waals surface area (Å²) >= 11 is 0. The van der Waals surface area contributed by atoms with Gasteiger partial charge in [-0.05, 0) is 36.2 Å². The molecule has 0 atom stereocenters. The summed E-state index contributed by atoms with van der Waals surface area (Å²) in [5.74, 6) is -0.0784. The van der Waals surface area contributed by atoms with Crippen LogP contribution in [0.1, 0.15) is 25.3 Å². The van der Waals surface area contributed by atoms with Gasteiger partial charge in [0.05, 0.1) is 4.90 Å². The maximum Gasteiger partial charge on any atom is 0.240 e. The fourth-order valence-electron chi connectivity index (χ4n) is 2.03. The number of nitrogens with one attached hydrogen (secondary N) is 2. The normalized spacial score (nSPS) is 11.2. The molecule has 0 aliphatic carbocycles. The van der Waals surface area contributed by atoms with Crippen LogP contribution in [0.15, 0.2) is 59.5 Å². The van der Waals surface area contributed by atoms with E-state index in [2.05, 4.69) is 10.0 Å². The van der Waals surface area contributed by atoms with Crippen molar-refractivity contribution in [3.63, 3.8) is 0 Å². The van der Waals surface area contributed by atoms with Gasteiger partial charge in [0, 0.05) is 18.7 Å². The lowest BCUT2D eigenvalue weighted by Crippen LogP contribution is -2.23. The number of sulfonamides is 1. The average molecular weight is 332 g/mol. The van der Waals surface area contributed by atoms with Gasteiger partial charge in [-0.1, -0.05) is 37.3 Å². The summed E-state index contributed by atoms with van der Waals surface area (Å²) in [6.45, 7) is 2.16. The lowest BCUT2D eigenvalue weighted by atomic mass is 10.2. The van der Waals surface area contributed by atoms with Crippen molar-refractivity contribution in [2.24, 2.45) is 0 Å². The van der Waals surface area contributed by atoms with Crippen LogP contribution in [0.2, 0.25) is 0 Å². The molecule has 23 heavy (non-hydrogen) atoms. The van der Waals surface area contributed by atoms with Crippen molar-refractivity contribution < 1.29 is 13.2 Å². The third-order valence-electron chi connectivity index (χ3n) is 3.23. The second kappa shape index (κ2) is 7.89. The van der Waals surface area contributed by atoms with Crippen molar-refractivity contribution >= 4 is 21.6 Å². The van der Waals surface area contributed by atoms with Gasteiger partial charge in [-0.15, -0.1) is 0 Å². The van der Waals surface area contributed by atoms with Crippen molar-refractivity contribution in [2.75, 3.05) is 5.32 Å². The Morgan fingerprint density at radius 3 is 2.26 bits per heavy atom. The second-order valence-electron chi connectivity index (χ2n) is 5.13. The van der Waals surface area contributed by atoms with Crippen molar-refractivity contribution in [3.05, 3.63) is 60.2 Å². The molecule has 0 aromatic heterocycles. The Kier molecular flexibility index (Phi) is 5.90. The minimum absolute atomic E-state index is 0.0784. The summed E-state index contributed by atoms with van der Waals surface area (Å²) in [5, 5.41) is 2.73. The van der Waals surface area contributed by atoms with E-state index in [-0.39, 0.29) is 17.3 Å². The highest BCUT2D eigenvalue weighted by Gasteiger charge is 2.13. The molecule has 0 unspecified atom stereocenters. The molecule has 0 radical (unpaired) electrons. The van der Waals surface area contributed by atoms with E-state index in [0.29, 0.717) is 12.1 Å². The number of rotatable bonds is 7. The molecule has 2 aromatic carbocycles. The first kappa shape index (κ1) is 17.2. The van der Waals surface area contributed by atoms with Gasteiger partial charge in [0.15, 0.2) is 0 Å². The Morgan fingerprint density at radius 2 is 1.65 bits per heavy atom. The highest BCUT2D eigenvalue weighted by molar-refractivity contribution is 7.89. The first-order valence-corrected chi connectivity index (χ1v) is 8.93. The van der Waals surface area contributed by atoms with Gasteiger partial charge in [0.25, 0.3) is 0 Å². The first-order valence-electron chi connectivity index (χ1n) is 7.45. The van der Waals surface area contributed by atoms with E-state index in [9.17, 15) is 13.2 Å². The lowest BCUT2D eigenvalue weighted by molar-refractivity contribution is -0.116. The van der Waals surface area contributed by atoms with E-state index in [0.717, 1.165) is 12.0 Å². The molecule has 6 heteroatoms. The summed E-state index contributed by atoms with van der Waals surface area (Å²) in [7, 11) is -3.58. The fourth-order valence-corrected chi connectivity index (χ4v) is 3.04. The number of carbonyl (C=O) groups excluding carboxylic acids is 1. The van der Waals surface area contributed by atoms with E-state index in [1.54, 1.807) is 12.1 Å². The number of hydrogen-bond donors (Lipinski definition) is 2. The third-order valence-corrected chi connectivity index (χ3v) is 4.65. The molecule has 5 nitrogen and oxygen atoms in total. The number of hydrogen-bond acceptors (Lipinski definition) is 3. The smallest absolute Gasteiger partial charge is 0.240 e. The maximum absolute atomic E-state index is 12.2. The van der Waals surface area contributed by atoms with Gasteiger partial charge >= 0.3 is 0 Å². The van der Waals surface area contributed by atoms with Crippen LogP contribution in [0, 0.1) is 0 Å². The zero-order valence-corrected chi connectivity index (χ0v) is 13.8. The molecule has 0 bridgehead atoms. The summed E-state index contributed by atoms with van der Waals surface area (Å²) < 4.78 is 27.0. The van der Waals surface area contributed by atoms with Gasteiger partial charge in [-0.2, -0.15) is 0 Å². The topological polar surface area (TPSA) is 75.3 Å². The average Bonchev–Trinajstić information content (AvgIpc) is 2.55. The van der Waals surface area contributed by atoms with Crippen molar-refractivity contribution in [1.82, 2.24) is 4.72 Å². The second-order valence-corrected chi connectivity index (χ2v) is 6.90. The largest absolute Gasteiger partial charge is 0.326 e. The quantitative estimate of drug-likeness (QED) is 0.818. The molecule has 2 aromatic rings. The van der Waals surface area contributed by atoms with E-state index in [4.69, 9.17) is 0 Å². The number of benzene rings is 2. The summed E-state index contributed by atoms with van der Waals surface area (Å²) in [4.78, 5) is 11.7. The van der Waals surface area contributed by atoms with Crippen molar-refractivity contribution in [1.29, 1.82) is 0 Å². The molecule has 0 aliphatic heterocycles. The molecule has 0 fully saturated rings. The Bertz CT molecular complexity index is 741. The molecule has 1 amide bonds. The molecule has 2 rings (SSSR count). The third kappa shape index (κ3) is 5.19. The summed E-state index contributed by atoms with van der Waals surface area (Å²) in [6, 6.07) is 15.4. The highest BCUT2D eigenvalue weighted by Crippen LogP contribution is 2.15. The molecular weight excluding hydrogens is 312 g/mol. The predicted molar refractivity (Wildman–Crippen MR) is 90.4 cm³/mol. The first-order chi connectivity index (χ1) is 11.0. The molecule has 0 heterocycles. The monoisotopic (exact) mass is 332 g/mol. The van der Waals surface area contributed by atoms with E-state index in [1.807, 2.05) is 37.3 Å². The van der Waals surface area contributed by atoms with Crippen molar-refractivity contribution in [3.8, 4) is 0 Å². The summed E-state index contributed by atoms with van der Waals surface area (Å²) in [6.07, 6.45) is 1.21. The Labute approximate surface area is 136 Å². The van der Waals surface area contributed by atoms with Crippen LogP contribution in [0.3, 0.4) is 0 Å². The molecule has 0 saturated carbocycles. The Morgan fingerprint density at radius 1 is 1.00 bits per heavy atom. The Balaban J connectivity index is 2.01. The van der Waals surface area contributed by atoms with Gasteiger partial charge < -0.3 is 5.32 Å². The van der Waals surface area contributed by atoms with Crippen LogP contribution < -0.4 is 10.0 Å². The highest BCUT2D eigenvalue weighted by atomic mass is 32.2. The zero-order valence-electron chi connectivity index (χ0n) is 13.0. The van der Waals surface area contributed by atoms with Crippen LogP contribution in [-0.4, -0.2) is 14.3 Å². The van der Waals surface area contributed by atoms with Crippen LogP contribution >= 0.6 is 0 Å². The molecule has 2 N–H and O–H groups in total. The van der Waals surface area contributed by atoms with Crippen LogP contribution in [0.25, 0.3) is 0 Å². The predicted octanol–water partition coefficient (Wildman–Crippen LogP) is 2.90. The molecule has 0 spiro atoms. The fraction of sp³-hybridized carbons (Fsp3) is 0.235. The standard InChI is InChI=1S/C17H20N2O3S/c1-2-6-17(20)19-15-9-11-16(12-10-15)23(21,22)18-13-14-7-4-3-5-8-14/h3-5,7-12,18H,2,6,13H2,1H3,(H,19,20). The number of anilines is 1. The minimum atomic E-state index is -3.58. The van der Waals surface area contributed by atoms with Gasteiger partial charge in [0.1, 0.15) is 0 Å². The molecular formula is C17H20N2O3S. The van der Waals surface area contributed by atoms with Gasteiger partial charge in [-0.25, -0.2) is 13.1 Å². The van der Waals surface area contributed by atoms with E-state index in [1.165, 1.54) is 12.1 Å². The number of amides is 1. The van der Waals surface area contributed by atoms with Crippen molar-refractivity contribution in [2.45, 2.75) is 31.2 Å². The molecule has 0 aliphatic rings. The van der Waals surface area contributed by atoms with E-state index < -0.39 is 10.0 Å². The van der Waals surface area contributed by atoms with Crippen LogP contribution in [-0.2, 0) is 21.4 Å². The SMILES string of the molecule is CCCC(=O)Nc1ccc(S(=O)(=O)NCc2ccccc2)cc1. The Hall–Kier alpha value is -2.18. The van der Waals surface area contributed by atoms with Crippen LogP contribution in [0.5, 0.6) is 0 Å². The lowest BCUT2D eigenvalue weighted by Gasteiger charge is -2.08. The van der Waals surface area contributed by atoms with E-state index >= 15 is 0 Å². The van der Waals surface area contributed by atoms with Gasteiger partial charge in [0.2, 0.25) is 15.9 Å². The maximum atomic E-state index is 12.2.